The van der Waals surface area contributed by atoms with Crippen molar-refractivity contribution < 1.29 is 14.4 Å². The van der Waals surface area contributed by atoms with Gasteiger partial charge in [-0.25, -0.2) is 4.79 Å². The van der Waals surface area contributed by atoms with Gasteiger partial charge in [-0.1, -0.05) is 40.5 Å². The van der Waals surface area contributed by atoms with Crippen LogP contribution in [0.1, 0.15) is 12.5 Å². The molecule has 120 valence electrons. The number of halogens is 2. The number of carbonyl (C=O) groups excluding carboxylic acids is 1. The molecule has 7 heteroatoms. The molecule has 0 heterocycles. The largest absolute Gasteiger partial charge is 0.489 e. The van der Waals surface area contributed by atoms with Gasteiger partial charge in [0.25, 0.3) is 0 Å². The van der Waals surface area contributed by atoms with Crippen molar-refractivity contribution in [3.63, 3.8) is 0 Å². The zero-order chi connectivity index (χ0) is 16.7. The summed E-state index contributed by atoms with van der Waals surface area (Å²) in [5, 5.41) is 6.96. The van der Waals surface area contributed by atoms with E-state index >= 15 is 0 Å². The lowest BCUT2D eigenvalue weighted by Crippen LogP contribution is -2.11. The van der Waals surface area contributed by atoms with Crippen LogP contribution in [0.5, 0.6) is 5.75 Å². The fraction of sp³-hybridized carbons (Fsp3) is 0.125. The van der Waals surface area contributed by atoms with Crippen LogP contribution in [0.3, 0.4) is 0 Å². The average molecular weight is 353 g/mol. The van der Waals surface area contributed by atoms with Gasteiger partial charge >= 0.3 is 6.09 Å². The Morgan fingerprint density at radius 3 is 2.65 bits per heavy atom. The second-order valence-corrected chi connectivity index (χ2v) is 5.33. The van der Waals surface area contributed by atoms with Crippen LogP contribution in [0, 0.1) is 0 Å². The minimum absolute atomic E-state index is 0.300. The molecule has 1 amide bonds. The number of nitrogens with zero attached hydrogens (tertiary/aromatic N) is 1. The summed E-state index contributed by atoms with van der Waals surface area (Å²) in [6.45, 7) is 1.95. The number of hydrogen-bond donors (Lipinski definition) is 1. The molecule has 0 unspecified atom stereocenters. The number of anilines is 1. The highest BCUT2D eigenvalue weighted by Crippen LogP contribution is 2.25. The van der Waals surface area contributed by atoms with Gasteiger partial charge in [0.15, 0.2) is 0 Å². The third-order valence-electron chi connectivity index (χ3n) is 2.66. The first-order chi connectivity index (χ1) is 11.1. The molecule has 1 N–H and O–H groups in total. The molecule has 0 aliphatic carbocycles. The van der Waals surface area contributed by atoms with E-state index in [9.17, 15) is 4.79 Å². The highest BCUT2D eigenvalue weighted by atomic mass is 35.5. The predicted molar refractivity (Wildman–Crippen MR) is 91.5 cm³/mol. The summed E-state index contributed by atoms with van der Waals surface area (Å²) < 4.78 is 5.64. The first-order valence-corrected chi connectivity index (χ1v) is 7.46. The van der Waals surface area contributed by atoms with Crippen LogP contribution in [-0.2, 0) is 11.4 Å². The van der Waals surface area contributed by atoms with Gasteiger partial charge in [0, 0.05) is 21.9 Å². The van der Waals surface area contributed by atoms with E-state index in [0.717, 1.165) is 5.56 Å². The Morgan fingerprint density at radius 2 is 1.96 bits per heavy atom. The van der Waals surface area contributed by atoms with E-state index in [-0.39, 0.29) is 0 Å². The van der Waals surface area contributed by atoms with Crippen molar-refractivity contribution in [2.75, 3.05) is 5.32 Å². The van der Waals surface area contributed by atoms with Gasteiger partial charge in [-0.05, 0) is 42.8 Å². The van der Waals surface area contributed by atoms with Crippen LogP contribution >= 0.6 is 23.2 Å². The SMILES string of the molecule is CC=NOC(=O)Nc1cccc(COc2cc(Cl)cc(Cl)c2)c1. The molecule has 0 aliphatic rings. The molecule has 0 saturated carbocycles. The lowest BCUT2D eigenvalue weighted by Gasteiger charge is -2.09. The Morgan fingerprint density at radius 1 is 1.22 bits per heavy atom. The molecular weight excluding hydrogens is 339 g/mol. The maximum Gasteiger partial charge on any atom is 0.437 e. The highest BCUT2D eigenvalue weighted by molar-refractivity contribution is 6.34. The van der Waals surface area contributed by atoms with Gasteiger partial charge in [0.2, 0.25) is 0 Å². The summed E-state index contributed by atoms with van der Waals surface area (Å²) in [6.07, 6.45) is 0.711. The smallest absolute Gasteiger partial charge is 0.437 e. The molecule has 2 aromatic rings. The van der Waals surface area contributed by atoms with Crippen molar-refractivity contribution in [3.05, 3.63) is 58.1 Å². The monoisotopic (exact) mass is 352 g/mol. The molecule has 0 atom stereocenters. The number of carbonyl (C=O) groups is 1. The molecule has 0 spiro atoms. The van der Waals surface area contributed by atoms with E-state index in [1.165, 1.54) is 6.21 Å². The Kier molecular flexibility index (Phi) is 6.26. The fourth-order valence-electron chi connectivity index (χ4n) is 1.76. The average Bonchev–Trinajstić information content (AvgIpc) is 2.50. The highest BCUT2D eigenvalue weighted by Gasteiger charge is 2.04. The van der Waals surface area contributed by atoms with E-state index < -0.39 is 6.09 Å². The molecule has 0 bridgehead atoms. The van der Waals surface area contributed by atoms with Crippen molar-refractivity contribution >= 4 is 41.2 Å². The van der Waals surface area contributed by atoms with E-state index in [4.69, 9.17) is 27.9 Å². The maximum absolute atomic E-state index is 11.4. The van der Waals surface area contributed by atoms with Gasteiger partial charge in [-0.15, -0.1) is 0 Å². The Hall–Kier alpha value is -2.24. The number of oxime groups is 1. The van der Waals surface area contributed by atoms with E-state index in [2.05, 4.69) is 15.3 Å². The van der Waals surface area contributed by atoms with Crippen molar-refractivity contribution in [1.82, 2.24) is 0 Å². The number of ether oxygens (including phenoxy) is 1. The molecule has 5 nitrogen and oxygen atoms in total. The molecule has 0 radical (unpaired) electrons. The van der Waals surface area contributed by atoms with Crippen LogP contribution in [0.15, 0.2) is 47.6 Å². The molecule has 0 saturated heterocycles. The van der Waals surface area contributed by atoms with Crippen molar-refractivity contribution in [1.29, 1.82) is 0 Å². The summed E-state index contributed by atoms with van der Waals surface area (Å²) in [5.41, 5.74) is 1.43. The summed E-state index contributed by atoms with van der Waals surface area (Å²) in [5.74, 6) is 0.567. The molecule has 2 aromatic carbocycles. The van der Waals surface area contributed by atoms with Gasteiger partial charge in [0.1, 0.15) is 12.4 Å². The molecule has 2 rings (SSSR count). The molecular formula is C16H14Cl2N2O3. The third-order valence-corrected chi connectivity index (χ3v) is 3.09. The summed E-state index contributed by atoms with van der Waals surface area (Å²) >= 11 is 11.8. The fourth-order valence-corrected chi connectivity index (χ4v) is 2.26. The van der Waals surface area contributed by atoms with Crippen LogP contribution in [0.4, 0.5) is 10.5 Å². The van der Waals surface area contributed by atoms with Crippen molar-refractivity contribution in [3.8, 4) is 5.75 Å². The lowest BCUT2D eigenvalue weighted by atomic mass is 10.2. The van der Waals surface area contributed by atoms with Crippen molar-refractivity contribution in [2.45, 2.75) is 13.5 Å². The topological polar surface area (TPSA) is 59.9 Å². The number of rotatable bonds is 5. The molecule has 0 aliphatic heterocycles. The lowest BCUT2D eigenvalue weighted by molar-refractivity contribution is 0.167. The minimum atomic E-state index is -0.664. The van der Waals surface area contributed by atoms with Gasteiger partial charge < -0.3 is 4.74 Å². The normalized spacial score (nSPS) is 10.6. The summed E-state index contributed by atoms with van der Waals surface area (Å²) in [6, 6.07) is 12.1. The predicted octanol–water partition coefficient (Wildman–Crippen LogP) is 5.13. The Balaban J connectivity index is 1.98. The zero-order valence-electron chi connectivity index (χ0n) is 12.3. The quantitative estimate of drug-likeness (QED) is 0.461. The maximum atomic E-state index is 11.4. The Bertz CT molecular complexity index is 700. The molecule has 23 heavy (non-hydrogen) atoms. The summed E-state index contributed by atoms with van der Waals surface area (Å²) in [7, 11) is 0. The van der Waals surface area contributed by atoms with Gasteiger partial charge in [-0.3, -0.25) is 10.2 Å². The minimum Gasteiger partial charge on any atom is -0.489 e. The molecule has 0 fully saturated rings. The second kappa shape index (κ2) is 8.41. The second-order valence-electron chi connectivity index (χ2n) is 4.46. The Labute approximate surface area is 143 Å². The van der Waals surface area contributed by atoms with Gasteiger partial charge in [-0.2, -0.15) is 0 Å². The van der Waals surface area contributed by atoms with Crippen molar-refractivity contribution in [2.24, 2.45) is 5.16 Å². The first-order valence-electron chi connectivity index (χ1n) is 6.70. The van der Waals surface area contributed by atoms with Crippen LogP contribution in [0.25, 0.3) is 0 Å². The van der Waals surface area contributed by atoms with E-state index in [1.807, 2.05) is 6.07 Å². The van der Waals surface area contributed by atoms with Gasteiger partial charge in [0.05, 0.1) is 0 Å². The van der Waals surface area contributed by atoms with E-state index in [1.54, 1.807) is 43.3 Å². The zero-order valence-corrected chi connectivity index (χ0v) is 13.8. The number of hydrogen-bond acceptors (Lipinski definition) is 4. The number of nitrogens with one attached hydrogen (secondary N) is 1. The number of benzene rings is 2. The first kappa shape index (κ1) is 17.1. The van der Waals surface area contributed by atoms with E-state index in [0.29, 0.717) is 28.1 Å². The summed E-state index contributed by atoms with van der Waals surface area (Å²) in [4.78, 5) is 16.0. The van der Waals surface area contributed by atoms with Crippen LogP contribution in [0.2, 0.25) is 10.0 Å². The standard InChI is InChI=1S/C16H14Cl2N2O3/c1-2-19-23-16(21)20-14-5-3-4-11(6-14)10-22-15-8-12(17)7-13(18)9-15/h2-9H,10H2,1H3,(H,20,21). The van der Waals surface area contributed by atoms with Crippen LogP contribution < -0.4 is 10.1 Å². The molecule has 0 aromatic heterocycles. The third kappa shape index (κ3) is 5.81. The van der Waals surface area contributed by atoms with Crippen LogP contribution in [-0.4, -0.2) is 12.3 Å². The number of amides is 1.